The average molecular weight is 392 g/mol. The SMILES string of the molecule is Cc1onc(C(=O)Nc2ccccc2OC(F)F)c1COc1ccc(F)cc1. The number of alkyl halides is 2. The maximum atomic E-state index is 13.0. The second-order valence-electron chi connectivity index (χ2n) is 5.64. The molecule has 3 rings (SSSR count). The molecule has 0 saturated heterocycles. The van der Waals surface area contributed by atoms with E-state index in [0.717, 1.165) is 0 Å². The molecular formula is C19H15F3N2O4. The minimum atomic E-state index is -3.04. The third kappa shape index (κ3) is 4.61. The summed E-state index contributed by atoms with van der Waals surface area (Å²) in [5.74, 6) is -0.526. The fourth-order valence-electron chi connectivity index (χ4n) is 2.38. The van der Waals surface area contributed by atoms with E-state index in [1.165, 1.54) is 42.5 Å². The molecule has 1 heterocycles. The van der Waals surface area contributed by atoms with Crippen LogP contribution in [-0.4, -0.2) is 17.7 Å². The molecule has 0 spiro atoms. The van der Waals surface area contributed by atoms with E-state index >= 15 is 0 Å². The number of carbonyl (C=O) groups excluding carboxylic acids is 1. The Bertz CT molecular complexity index is 958. The average Bonchev–Trinajstić information content (AvgIpc) is 3.03. The lowest BCUT2D eigenvalue weighted by atomic mass is 10.2. The van der Waals surface area contributed by atoms with Gasteiger partial charge < -0.3 is 19.3 Å². The Morgan fingerprint density at radius 3 is 2.61 bits per heavy atom. The summed E-state index contributed by atoms with van der Waals surface area (Å²) in [5, 5.41) is 6.18. The van der Waals surface area contributed by atoms with Crippen LogP contribution in [0.3, 0.4) is 0 Å². The number of carbonyl (C=O) groups is 1. The Labute approximate surface area is 157 Å². The summed E-state index contributed by atoms with van der Waals surface area (Å²) >= 11 is 0. The second-order valence-corrected chi connectivity index (χ2v) is 5.64. The van der Waals surface area contributed by atoms with Crippen molar-refractivity contribution in [2.24, 2.45) is 0 Å². The van der Waals surface area contributed by atoms with Crippen molar-refractivity contribution in [2.75, 3.05) is 5.32 Å². The molecule has 2 aromatic carbocycles. The van der Waals surface area contributed by atoms with Crippen LogP contribution in [0.1, 0.15) is 21.8 Å². The summed E-state index contributed by atoms with van der Waals surface area (Å²) in [6.07, 6.45) is 0. The van der Waals surface area contributed by atoms with Crippen LogP contribution in [0.2, 0.25) is 0 Å². The molecule has 0 aliphatic heterocycles. The van der Waals surface area contributed by atoms with Gasteiger partial charge >= 0.3 is 6.61 Å². The highest BCUT2D eigenvalue weighted by Gasteiger charge is 2.22. The molecule has 0 aliphatic rings. The monoisotopic (exact) mass is 392 g/mol. The number of nitrogens with zero attached hydrogens (tertiary/aromatic N) is 1. The van der Waals surface area contributed by atoms with Crippen LogP contribution in [-0.2, 0) is 6.61 Å². The lowest BCUT2D eigenvalue weighted by Crippen LogP contribution is -2.16. The van der Waals surface area contributed by atoms with Gasteiger partial charge in [-0.1, -0.05) is 17.3 Å². The first-order valence-electron chi connectivity index (χ1n) is 8.12. The molecule has 3 aromatic rings. The standard InChI is InChI=1S/C19H15F3N2O4/c1-11-14(10-26-13-8-6-12(20)7-9-13)17(24-28-11)18(25)23-15-4-2-3-5-16(15)27-19(21)22/h2-9,19H,10H2,1H3,(H,23,25). The normalized spacial score (nSPS) is 10.8. The van der Waals surface area contributed by atoms with Crippen molar-refractivity contribution in [2.45, 2.75) is 20.1 Å². The first-order valence-corrected chi connectivity index (χ1v) is 8.12. The predicted octanol–water partition coefficient (Wildman–Crippen LogP) is 4.55. The third-order valence-corrected chi connectivity index (χ3v) is 3.75. The summed E-state index contributed by atoms with van der Waals surface area (Å²) in [6.45, 7) is -1.49. The van der Waals surface area contributed by atoms with Crippen LogP contribution >= 0.6 is 0 Å². The van der Waals surface area contributed by atoms with Gasteiger partial charge in [-0.3, -0.25) is 4.79 Å². The molecule has 0 bridgehead atoms. The van der Waals surface area contributed by atoms with Crippen molar-refractivity contribution in [1.29, 1.82) is 0 Å². The number of aromatic nitrogens is 1. The fourth-order valence-corrected chi connectivity index (χ4v) is 2.38. The van der Waals surface area contributed by atoms with E-state index in [2.05, 4.69) is 15.2 Å². The summed E-state index contributed by atoms with van der Waals surface area (Å²) < 4.78 is 53.0. The van der Waals surface area contributed by atoms with Crippen LogP contribution in [0.25, 0.3) is 0 Å². The number of rotatable bonds is 7. The zero-order valence-corrected chi connectivity index (χ0v) is 14.6. The molecule has 0 fully saturated rings. The van der Waals surface area contributed by atoms with E-state index in [9.17, 15) is 18.0 Å². The maximum absolute atomic E-state index is 13.0. The summed E-state index contributed by atoms with van der Waals surface area (Å²) in [7, 11) is 0. The van der Waals surface area contributed by atoms with E-state index in [1.54, 1.807) is 13.0 Å². The minimum absolute atomic E-state index is 0.0545. The molecule has 0 radical (unpaired) electrons. The van der Waals surface area contributed by atoms with E-state index in [0.29, 0.717) is 17.1 Å². The molecule has 1 amide bonds. The van der Waals surface area contributed by atoms with Crippen LogP contribution in [0.15, 0.2) is 53.1 Å². The van der Waals surface area contributed by atoms with Crippen LogP contribution in [0, 0.1) is 12.7 Å². The van der Waals surface area contributed by atoms with E-state index in [-0.39, 0.29) is 23.7 Å². The topological polar surface area (TPSA) is 73.6 Å². The van der Waals surface area contributed by atoms with E-state index in [1.807, 2.05) is 0 Å². The summed E-state index contributed by atoms with van der Waals surface area (Å²) in [5.41, 5.74) is 0.361. The number of hydrogen-bond acceptors (Lipinski definition) is 5. The number of benzene rings is 2. The van der Waals surface area contributed by atoms with Gasteiger partial charge in [0.25, 0.3) is 5.91 Å². The first kappa shape index (κ1) is 19.3. The van der Waals surface area contributed by atoms with Gasteiger partial charge in [-0.05, 0) is 43.3 Å². The Balaban J connectivity index is 1.75. The van der Waals surface area contributed by atoms with Crippen LogP contribution in [0.5, 0.6) is 11.5 Å². The molecular weight excluding hydrogens is 377 g/mol. The van der Waals surface area contributed by atoms with E-state index < -0.39 is 18.3 Å². The summed E-state index contributed by atoms with van der Waals surface area (Å²) in [6, 6.07) is 11.1. The van der Waals surface area contributed by atoms with Crippen molar-refractivity contribution in [1.82, 2.24) is 5.16 Å². The third-order valence-electron chi connectivity index (χ3n) is 3.75. The number of nitrogens with one attached hydrogen (secondary N) is 1. The zero-order chi connectivity index (χ0) is 20.1. The van der Waals surface area contributed by atoms with Crippen molar-refractivity contribution in [3.05, 3.63) is 71.4 Å². The Kier molecular flexibility index (Phi) is 5.83. The number of amides is 1. The van der Waals surface area contributed by atoms with Gasteiger partial charge in [0.15, 0.2) is 5.69 Å². The van der Waals surface area contributed by atoms with Gasteiger partial charge in [-0.25, -0.2) is 4.39 Å². The van der Waals surface area contributed by atoms with Crippen molar-refractivity contribution in [3.8, 4) is 11.5 Å². The van der Waals surface area contributed by atoms with Crippen molar-refractivity contribution >= 4 is 11.6 Å². The largest absolute Gasteiger partial charge is 0.489 e. The molecule has 6 nitrogen and oxygen atoms in total. The Hall–Kier alpha value is -3.49. The maximum Gasteiger partial charge on any atom is 0.387 e. The van der Waals surface area contributed by atoms with Crippen LogP contribution in [0.4, 0.5) is 18.9 Å². The van der Waals surface area contributed by atoms with Crippen molar-refractivity contribution < 1.29 is 32.0 Å². The highest BCUT2D eigenvalue weighted by molar-refractivity contribution is 6.04. The highest BCUT2D eigenvalue weighted by Crippen LogP contribution is 2.27. The summed E-state index contributed by atoms with van der Waals surface area (Å²) in [4.78, 5) is 12.6. The Morgan fingerprint density at radius 2 is 1.89 bits per heavy atom. The molecule has 0 atom stereocenters. The quantitative estimate of drug-likeness (QED) is 0.638. The number of anilines is 1. The van der Waals surface area contributed by atoms with E-state index in [4.69, 9.17) is 9.26 Å². The molecule has 146 valence electrons. The number of hydrogen-bond donors (Lipinski definition) is 1. The lowest BCUT2D eigenvalue weighted by Gasteiger charge is -2.11. The number of para-hydroxylation sites is 2. The van der Waals surface area contributed by atoms with Gasteiger partial charge in [-0.2, -0.15) is 8.78 Å². The molecule has 9 heteroatoms. The molecule has 0 saturated carbocycles. The van der Waals surface area contributed by atoms with Gasteiger partial charge in [0.1, 0.15) is 29.7 Å². The first-order chi connectivity index (χ1) is 13.4. The Morgan fingerprint density at radius 1 is 1.18 bits per heavy atom. The smallest absolute Gasteiger partial charge is 0.387 e. The molecule has 1 aromatic heterocycles. The molecule has 0 aliphatic carbocycles. The lowest BCUT2D eigenvalue weighted by molar-refractivity contribution is -0.0493. The second kappa shape index (κ2) is 8.47. The van der Waals surface area contributed by atoms with Gasteiger partial charge in [0.05, 0.1) is 11.3 Å². The predicted molar refractivity (Wildman–Crippen MR) is 93.0 cm³/mol. The van der Waals surface area contributed by atoms with Gasteiger partial charge in [-0.15, -0.1) is 0 Å². The number of ether oxygens (including phenoxy) is 2. The zero-order valence-electron chi connectivity index (χ0n) is 14.6. The number of halogens is 3. The van der Waals surface area contributed by atoms with Crippen LogP contribution < -0.4 is 14.8 Å². The van der Waals surface area contributed by atoms with Gasteiger partial charge in [0, 0.05) is 0 Å². The molecule has 0 unspecified atom stereocenters. The minimum Gasteiger partial charge on any atom is -0.489 e. The van der Waals surface area contributed by atoms with Crippen molar-refractivity contribution in [3.63, 3.8) is 0 Å². The molecule has 28 heavy (non-hydrogen) atoms. The molecule has 1 N–H and O–H groups in total. The highest BCUT2D eigenvalue weighted by atomic mass is 19.3. The van der Waals surface area contributed by atoms with Gasteiger partial charge in [0.2, 0.25) is 0 Å². The fraction of sp³-hybridized carbons (Fsp3) is 0.158. The number of aryl methyl sites for hydroxylation is 1.